The summed E-state index contributed by atoms with van der Waals surface area (Å²) in [7, 11) is 1.50. The van der Waals surface area contributed by atoms with Crippen molar-refractivity contribution in [2.45, 2.75) is 32.5 Å². The summed E-state index contributed by atoms with van der Waals surface area (Å²) < 4.78 is 12.0. The Labute approximate surface area is 150 Å². The predicted molar refractivity (Wildman–Crippen MR) is 90.1 cm³/mol. The summed E-state index contributed by atoms with van der Waals surface area (Å²) in [6, 6.07) is 1.05. The molecule has 2 N–H and O–H groups in total. The predicted octanol–water partition coefficient (Wildman–Crippen LogP) is 1.40. The Morgan fingerprint density at radius 3 is 2.85 bits per heavy atom. The van der Waals surface area contributed by atoms with Crippen molar-refractivity contribution >= 4 is 11.9 Å². The molecule has 0 radical (unpaired) electrons. The number of hydrogen-bond donors (Lipinski definition) is 2. The van der Waals surface area contributed by atoms with Crippen molar-refractivity contribution in [3.8, 4) is 5.88 Å². The molecule has 0 saturated heterocycles. The van der Waals surface area contributed by atoms with Gasteiger partial charge in [-0.05, 0) is 12.5 Å². The average molecular weight is 360 g/mol. The van der Waals surface area contributed by atoms with Crippen LogP contribution < -0.4 is 10.1 Å². The largest absolute Gasteiger partial charge is 0.480 e. The standard InChI is InChI=1S/C17H20N4O5/c1-3-11(12-7-19-15(25-2)8-18-12)20-16(22)13-6-10(17(23)24)14-9-26-5-4-21(13)14/h6-8,11H,3-5,9H2,1-2H3,(H,20,22)(H,23,24)/t11-/m0/s1. The summed E-state index contributed by atoms with van der Waals surface area (Å²) in [4.78, 5) is 32.6. The average Bonchev–Trinajstić information content (AvgIpc) is 3.06. The number of carbonyl (C=O) groups excluding carboxylic acids is 1. The van der Waals surface area contributed by atoms with Crippen LogP contribution in [0.15, 0.2) is 18.5 Å². The van der Waals surface area contributed by atoms with E-state index in [0.29, 0.717) is 42.5 Å². The van der Waals surface area contributed by atoms with Gasteiger partial charge in [0.2, 0.25) is 5.88 Å². The van der Waals surface area contributed by atoms with E-state index in [-0.39, 0.29) is 24.1 Å². The smallest absolute Gasteiger partial charge is 0.337 e. The normalized spacial score (nSPS) is 14.4. The highest BCUT2D eigenvalue weighted by molar-refractivity contribution is 5.98. The maximum absolute atomic E-state index is 12.8. The van der Waals surface area contributed by atoms with Crippen molar-refractivity contribution in [2.24, 2.45) is 0 Å². The Bertz CT molecular complexity index is 815. The molecule has 0 aromatic carbocycles. The van der Waals surface area contributed by atoms with Gasteiger partial charge in [0, 0.05) is 6.54 Å². The third-order valence-corrected chi connectivity index (χ3v) is 4.30. The van der Waals surface area contributed by atoms with Crippen molar-refractivity contribution in [1.29, 1.82) is 0 Å². The molecule has 1 aliphatic heterocycles. The number of aromatic carboxylic acids is 1. The van der Waals surface area contributed by atoms with E-state index in [1.54, 1.807) is 10.8 Å². The van der Waals surface area contributed by atoms with Crippen LogP contribution in [-0.2, 0) is 17.9 Å². The maximum Gasteiger partial charge on any atom is 0.337 e. The number of amides is 1. The number of rotatable bonds is 6. The van der Waals surface area contributed by atoms with Gasteiger partial charge in [0.1, 0.15) is 5.69 Å². The van der Waals surface area contributed by atoms with Crippen LogP contribution in [0.1, 0.15) is 51.6 Å². The fourth-order valence-corrected chi connectivity index (χ4v) is 2.93. The minimum Gasteiger partial charge on any atom is -0.480 e. The quantitative estimate of drug-likeness (QED) is 0.800. The number of nitrogens with one attached hydrogen (secondary N) is 1. The molecule has 9 nitrogen and oxygen atoms in total. The Morgan fingerprint density at radius 1 is 1.42 bits per heavy atom. The minimum absolute atomic E-state index is 0.0899. The van der Waals surface area contributed by atoms with Crippen LogP contribution in [0.25, 0.3) is 0 Å². The molecule has 0 spiro atoms. The number of fused-ring (bicyclic) bond motifs is 1. The molecular formula is C17H20N4O5. The van der Waals surface area contributed by atoms with Gasteiger partial charge in [-0.25, -0.2) is 9.78 Å². The Kier molecular flexibility index (Phi) is 5.17. The molecule has 1 aliphatic rings. The summed E-state index contributed by atoms with van der Waals surface area (Å²) in [5, 5.41) is 12.3. The molecule has 138 valence electrons. The van der Waals surface area contributed by atoms with Gasteiger partial charge in [-0.1, -0.05) is 6.92 Å². The van der Waals surface area contributed by atoms with Gasteiger partial charge in [0.15, 0.2) is 0 Å². The first kappa shape index (κ1) is 17.9. The first-order valence-corrected chi connectivity index (χ1v) is 8.25. The SMILES string of the molecule is CC[C@H](NC(=O)c1cc(C(=O)O)c2n1CCOC2)c1cnc(OC)cn1. The van der Waals surface area contributed by atoms with Gasteiger partial charge in [-0.2, -0.15) is 0 Å². The minimum atomic E-state index is -1.08. The van der Waals surface area contributed by atoms with E-state index in [1.165, 1.54) is 19.4 Å². The van der Waals surface area contributed by atoms with Gasteiger partial charge in [-0.15, -0.1) is 0 Å². The molecule has 0 saturated carbocycles. The van der Waals surface area contributed by atoms with Crippen LogP contribution in [0.4, 0.5) is 0 Å². The zero-order chi connectivity index (χ0) is 18.7. The van der Waals surface area contributed by atoms with Crippen LogP contribution in [0, 0.1) is 0 Å². The van der Waals surface area contributed by atoms with E-state index in [9.17, 15) is 14.7 Å². The number of hydrogen-bond acceptors (Lipinski definition) is 6. The number of aromatic nitrogens is 3. The molecule has 2 aromatic rings. The van der Waals surface area contributed by atoms with Gasteiger partial charge >= 0.3 is 5.97 Å². The van der Waals surface area contributed by atoms with E-state index < -0.39 is 5.97 Å². The van der Waals surface area contributed by atoms with Crippen LogP contribution in [0.5, 0.6) is 5.88 Å². The van der Waals surface area contributed by atoms with Gasteiger partial charge < -0.3 is 24.5 Å². The summed E-state index contributed by atoms with van der Waals surface area (Å²) in [5.74, 6) is -1.04. The third-order valence-electron chi connectivity index (χ3n) is 4.30. The number of nitrogens with zero attached hydrogens (tertiary/aromatic N) is 3. The molecule has 2 aromatic heterocycles. The zero-order valence-corrected chi connectivity index (χ0v) is 14.6. The van der Waals surface area contributed by atoms with Crippen LogP contribution >= 0.6 is 0 Å². The lowest BCUT2D eigenvalue weighted by Crippen LogP contribution is -2.32. The fourth-order valence-electron chi connectivity index (χ4n) is 2.93. The Morgan fingerprint density at radius 2 is 2.23 bits per heavy atom. The highest BCUT2D eigenvalue weighted by atomic mass is 16.5. The summed E-state index contributed by atoms with van der Waals surface area (Å²) in [6.07, 6.45) is 3.65. The summed E-state index contributed by atoms with van der Waals surface area (Å²) >= 11 is 0. The highest BCUT2D eigenvalue weighted by Crippen LogP contribution is 2.22. The van der Waals surface area contributed by atoms with Crippen molar-refractivity contribution in [3.05, 3.63) is 41.1 Å². The molecule has 3 rings (SSSR count). The van der Waals surface area contributed by atoms with E-state index >= 15 is 0 Å². The molecule has 9 heteroatoms. The van der Waals surface area contributed by atoms with Gasteiger partial charge in [0.05, 0.1) is 55.7 Å². The zero-order valence-electron chi connectivity index (χ0n) is 14.6. The van der Waals surface area contributed by atoms with E-state index in [2.05, 4.69) is 15.3 Å². The Hall–Kier alpha value is -2.94. The second-order valence-electron chi connectivity index (χ2n) is 5.82. The van der Waals surface area contributed by atoms with Crippen molar-refractivity contribution in [2.75, 3.05) is 13.7 Å². The summed E-state index contributed by atoms with van der Waals surface area (Å²) in [5.41, 5.74) is 1.51. The van der Waals surface area contributed by atoms with Crippen molar-refractivity contribution in [3.63, 3.8) is 0 Å². The topological polar surface area (TPSA) is 116 Å². The van der Waals surface area contributed by atoms with E-state index in [4.69, 9.17) is 9.47 Å². The number of methoxy groups -OCH3 is 1. The van der Waals surface area contributed by atoms with E-state index in [1.807, 2.05) is 6.92 Å². The molecule has 1 amide bonds. The lowest BCUT2D eigenvalue weighted by Gasteiger charge is -2.20. The second kappa shape index (κ2) is 7.52. The van der Waals surface area contributed by atoms with Crippen molar-refractivity contribution in [1.82, 2.24) is 19.9 Å². The van der Waals surface area contributed by atoms with Crippen molar-refractivity contribution < 1.29 is 24.2 Å². The van der Waals surface area contributed by atoms with Crippen LogP contribution in [-0.4, -0.2) is 45.2 Å². The van der Waals surface area contributed by atoms with Crippen LogP contribution in [0.3, 0.4) is 0 Å². The summed E-state index contributed by atoms with van der Waals surface area (Å²) in [6.45, 7) is 2.96. The lowest BCUT2D eigenvalue weighted by molar-refractivity contribution is 0.0656. The lowest BCUT2D eigenvalue weighted by atomic mass is 10.1. The number of ether oxygens (including phenoxy) is 2. The Balaban J connectivity index is 1.85. The van der Waals surface area contributed by atoms with Gasteiger partial charge in [-0.3, -0.25) is 9.78 Å². The molecule has 0 fully saturated rings. The fraction of sp³-hybridized carbons (Fsp3) is 0.412. The highest BCUT2D eigenvalue weighted by Gasteiger charge is 2.27. The third kappa shape index (κ3) is 3.38. The number of carboxylic acids is 1. The first-order valence-electron chi connectivity index (χ1n) is 8.25. The molecule has 0 aliphatic carbocycles. The first-order chi connectivity index (χ1) is 12.5. The number of carbonyl (C=O) groups is 2. The molecule has 0 bridgehead atoms. The monoisotopic (exact) mass is 360 g/mol. The maximum atomic E-state index is 12.8. The molecular weight excluding hydrogens is 340 g/mol. The van der Waals surface area contributed by atoms with Crippen LogP contribution in [0.2, 0.25) is 0 Å². The second-order valence-corrected chi connectivity index (χ2v) is 5.82. The number of carboxylic acid groups (broad SMARTS) is 1. The molecule has 1 atom stereocenters. The van der Waals surface area contributed by atoms with E-state index in [0.717, 1.165) is 0 Å². The molecule has 0 unspecified atom stereocenters. The molecule has 26 heavy (non-hydrogen) atoms. The molecule has 3 heterocycles. The van der Waals surface area contributed by atoms with Gasteiger partial charge in [0.25, 0.3) is 5.91 Å².